The first-order valence-corrected chi connectivity index (χ1v) is 11.9. The highest BCUT2D eigenvalue weighted by molar-refractivity contribution is 7.14. The van der Waals surface area contributed by atoms with Gasteiger partial charge in [0.25, 0.3) is 6.29 Å². The highest BCUT2D eigenvalue weighted by atomic mass is 32.1. The zero-order valence-electron chi connectivity index (χ0n) is 18.6. The zero-order chi connectivity index (χ0) is 23.3. The Labute approximate surface area is 202 Å². The number of hydrogen-bond donors (Lipinski definition) is 2. The first-order chi connectivity index (χ1) is 16.7. The predicted octanol–water partition coefficient (Wildman–Crippen LogP) is 6.49. The van der Waals surface area contributed by atoms with Crippen LogP contribution in [0.1, 0.15) is 5.56 Å². The fourth-order valence-electron chi connectivity index (χ4n) is 3.75. The number of fused-ring (bicyclic) bond motifs is 1. The van der Waals surface area contributed by atoms with Gasteiger partial charge in [-0.15, -0.1) is 11.3 Å². The van der Waals surface area contributed by atoms with Crippen molar-refractivity contribution >= 4 is 27.2 Å². The minimum absolute atomic E-state index is 0.575. The lowest BCUT2D eigenvalue weighted by atomic mass is 9.99. The molecule has 0 saturated heterocycles. The van der Waals surface area contributed by atoms with Crippen LogP contribution in [0.25, 0.3) is 22.0 Å². The van der Waals surface area contributed by atoms with E-state index >= 15 is 0 Å². The maximum atomic E-state index is 11.0. The summed E-state index contributed by atoms with van der Waals surface area (Å²) in [5.74, 6) is 1.19. The van der Waals surface area contributed by atoms with Gasteiger partial charge in [-0.3, -0.25) is 0 Å². The summed E-state index contributed by atoms with van der Waals surface area (Å²) in [6.45, 7) is 2.11. The average molecular weight is 469 g/mol. The van der Waals surface area contributed by atoms with E-state index in [0.717, 1.165) is 16.6 Å². The molecule has 0 saturated carbocycles. The molecule has 34 heavy (non-hydrogen) atoms. The molecule has 0 aliphatic rings. The molecule has 2 N–H and O–H groups in total. The third kappa shape index (κ3) is 4.88. The molecule has 5 aromatic rings. The van der Waals surface area contributed by atoms with Crippen LogP contribution in [-0.2, 0) is 0 Å². The topological polar surface area (TPSA) is 63.6 Å². The molecule has 0 radical (unpaired) electrons. The van der Waals surface area contributed by atoms with E-state index in [-0.39, 0.29) is 0 Å². The summed E-state index contributed by atoms with van der Waals surface area (Å²) >= 11 is 1.42. The number of rotatable bonds is 8. The molecular formula is C28H24N2O3S. The van der Waals surface area contributed by atoms with Crippen LogP contribution in [0.2, 0.25) is 0 Å². The predicted molar refractivity (Wildman–Crippen MR) is 137 cm³/mol. The number of nitrogens with one attached hydrogen (secondary N) is 1. The smallest absolute Gasteiger partial charge is 0.285 e. The molecule has 0 amide bonds. The summed E-state index contributed by atoms with van der Waals surface area (Å²) in [7, 11) is 0. The minimum atomic E-state index is -1.16. The molecular weight excluding hydrogens is 444 g/mol. The van der Waals surface area contributed by atoms with Gasteiger partial charge >= 0.3 is 0 Å². The van der Waals surface area contributed by atoms with Crippen LogP contribution in [0.4, 0.5) is 5.13 Å². The molecule has 5 nitrogen and oxygen atoms in total. The van der Waals surface area contributed by atoms with E-state index in [9.17, 15) is 5.11 Å². The van der Waals surface area contributed by atoms with Crippen molar-refractivity contribution < 1.29 is 14.6 Å². The van der Waals surface area contributed by atoms with E-state index in [0.29, 0.717) is 16.6 Å². The second-order valence-corrected chi connectivity index (χ2v) is 8.69. The molecule has 0 spiro atoms. The van der Waals surface area contributed by atoms with Crippen LogP contribution >= 0.6 is 11.3 Å². The van der Waals surface area contributed by atoms with E-state index in [1.54, 1.807) is 0 Å². The lowest BCUT2D eigenvalue weighted by Crippen LogP contribution is -2.42. The fourth-order valence-corrected chi connectivity index (χ4v) is 4.49. The third-order valence-corrected chi connectivity index (χ3v) is 6.22. The van der Waals surface area contributed by atoms with E-state index < -0.39 is 12.5 Å². The molecule has 6 heteroatoms. The Morgan fingerprint density at radius 2 is 1.35 bits per heavy atom. The molecule has 5 rings (SSSR count). The number of nitrogens with zero attached hydrogens (tertiary/aromatic N) is 1. The van der Waals surface area contributed by atoms with Gasteiger partial charge in [0.15, 0.2) is 5.13 Å². The van der Waals surface area contributed by atoms with Crippen molar-refractivity contribution in [3.8, 4) is 22.8 Å². The highest BCUT2D eigenvalue weighted by Gasteiger charge is 2.24. The van der Waals surface area contributed by atoms with E-state index in [2.05, 4.69) is 36.5 Å². The van der Waals surface area contributed by atoms with Gasteiger partial charge in [-0.1, -0.05) is 72.8 Å². The minimum Gasteiger partial charge on any atom is -0.450 e. The standard InChI is InChI=1S/C28H24N2O3S/c1-19-16-17-24(23-15-9-8-14-22(19)23)25-18-34-28(29-25)30-26(31)27(32-20-10-4-2-5-11-20)33-21-12-6-3-7-13-21/h2-18,26-27,31H,1H3,(H,29,30). The lowest BCUT2D eigenvalue weighted by molar-refractivity contribution is -0.0739. The molecule has 0 fully saturated rings. The Morgan fingerprint density at radius 1 is 0.765 bits per heavy atom. The molecule has 1 unspecified atom stereocenters. The van der Waals surface area contributed by atoms with Crippen LogP contribution < -0.4 is 14.8 Å². The summed E-state index contributed by atoms with van der Waals surface area (Å²) in [6, 6.07) is 31.1. The summed E-state index contributed by atoms with van der Waals surface area (Å²) in [6.07, 6.45) is -2.15. The number of aryl methyl sites for hydroxylation is 1. The molecule has 0 aliphatic heterocycles. The average Bonchev–Trinajstić information content (AvgIpc) is 3.33. The van der Waals surface area contributed by atoms with Gasteiger partial charge in [-0.2, -0.15) is 0 Å². The first kappa shape index (κ1) is 21.9. The first-order valence-electron chi connectivity index (χ1n) is 11.0. The van der Waals surface area contributed by atoms with Gasteiger partial charge in [-0.25, -0.2) is 4.98 Å². The van der Waals surface area contributed by atoms with Crippen LogP contribution in [0.5, 0.6) is 11.5 Å². The van der Waals surface area contributed by atoms with Crippen molar-refractivity contribution in [2.45, 2.75) is 19.4 Å². The van der Waals surface area contributed by atoms with E-state index in [1.165, 1.54) is 22.3 Å². The van der Waals surface area contributed by atoms with E-state index in [1.807, 2.05) is 78.2 Å². The number of aliphatic hydroxyl groups excluding tert-OH is 1. The molecule has 170 valence electrons. The largest absolute Gasteiger partial charge is 0.450 e. The SMILES string of the molecule is Cc1ccc(-c2csc(NC(O)C(Oc3ccccc3)Oc3ccccc3)n2)c2ccccc12. The number of aliphatic hydroxyl groups is 1. The zero-order valence-corrected chi connectivity index (χ0v) is 19.4. The second kappa shape index (κ2) is 9.95. The highest BCUT2D eigenvalue weighted by Crippen LogP contribution is 2.33. The normalized spacial score (nSPS) is 12.0. The van der Waals surface area contributed by atoms with Crippen molar-refractivity contribution in [2.24, 2.45) is 0 Å². The number of hydrogen-bond acceptors (Lipinski definition) is 6. The Balaban J connectivity index is 1.38. The Kier molecular flexibility index (Phi) is 6.42. The molecule has 1 atom stereocenters. The van der Waals surface area contributed by atoms with Gasteiger partial charge in [0, 0.05) is 10.9 Å². The van der Waals surface area contributed by atoms with Crippen molar-refractivity contribution in [2.75, 3.05) is 5.32 Å². The van der Waals surface area contributed by atoms with Crippen LogP contribution in [-0.4, -0.2) is 22.6 Å². The van der Waals surface area contributed by atoms with E-state index in [4.69, 9.17) is 14.5 Å². The number of ether oxygens (including phenoxy) is 2. The number of anilines is 1. The molecule has 1 aromatic heterocycles. The maximum Gasteiger partial charge on any atom is 0.285 e. The fraction of sp³-hybridized carbons (Fsp3) is 0.107. The molecule has 0 bridgehead atoms. The molecule has 4 aromatic carbocycles. The monoisotopic (exact) mass is 468 g/mol. The van der Waals surface area contributed by atoms with Crippen molar-refractivity contribution in [1.82, 2.24) is 4.98 Å². The molecule has 1 heterocycles. The van der Waals surface area contributed by atoms with Crippen LogP contribution in [0.15, 0.2) is 102 Å². The van der Waals surface area contributed by atoms with Crippen molar-refractivity contribution in [3.63, 3.8) is 0 Å². The summed E-state index contributed by atoms with van der Waals surface area (Å²) in [4.78, 5) is 4.73. The quantitative estimate of drug-likeness (QED) is 0.255. The van der Waals surface area contributed by atoms with Crippen LogP contribution in [0, 0.1) is 6.92 Å². The Bertz CT molecular complexity index is 1330. The third-order valence-electron chi connectivity index (χ3n) is 5.44. The van der Waals surface area contributed by atoms with Crippen molar-refractivity contribution in [1.29, 1.82) is 0 Å². The summed E-state index contributed by atoms with van der Waals surface area (Å²) in [5, 5.41) is 18.9. The second-order valence-electron chi connectivity index (χ2n) is 7.83. The summed E-state index contributed by atoms with van der Waals surface area (Å²) in [5.41, 5.74) is 3.13. The van der Waals surface area contributed by atoms with Gasteiger partial charge in [0.1, 0.15) is 11.5 Å². The Hall–Kier alpha value is -3.87. The number of para-hydroxylation sites is 2. The van der Waals surface area contributed by atoms with Crippen molar-refractivity contribution in [3.05, 3.63) is 108 Å². The number of benzene rings is 4. The summed E-state index contributed by atoms with van der Waals surface area (Å²) < 4.78 is 11.9. The lowest BCUT2D eigenvalue weighted by Gasteiger charge is -2.25. The van der Waals surface area contributed by atoms with Gasteiger partial charge < -0.3 is 19.9 Å². The molecule has 0 aliphatic carbocycles. The van der Waals surface area contributed by atoms with Gasteiger partial charge in [-0.05, 0) is 47.5 Å². The van der Waals surface area contributed by atoms with Crippen LogP contribution in [0.3, 0.4) is 0 Å². The number of thiazole rings is 1. The maximum absolute atomic E-state index is 11.0. The van der Waals surface area contributed by atoms with Gasteiger partial charge in [0.05, 0.1) is 5.69 Å². The number of aromatic nitrogens is 1. The van der Waals surface area contributed by atoms with Gasteiger partial charge in [0.2, 0.25) is 6.23 Å². The Morgan fingerprint density at radius 3 is 2.00 bits per heavy atom.